The lowest BCUT2D eigenvalue weighted by atomic mass is 9.97. The van der Waals surface area contributed by atoms with Crippen molar-refractivity contribution in [2.45, 2.75) is 42.9 Å². The molecule has 3 aromatic heterocycles. The van der Waals surface area contributed by atoms with Crippen LogP contribution in [0.2, 0.25) is 0 Å². The summed E-state index contributed by atoms with van der Waals surface area (Å²) in [4.78, 5) is 20.1. The number of thioether (sulfide) groups is 2. The summed E-state index contributed by atoms with van der Waals surface area (Å²) in [6, 6.07) is 9.40. The molecule has 8 heteroatoms. The lowest BCUT2D eigenvalue weighted by Crippen LogP contribution is -2.04. The Morgan fingerprint density at radius 1 is 1.10 bits per heavy atom. The Hall–Kier alpha value is -1.90. The predicted molar refractivity (Wildman–Crippen MR) is 121 cm³/mol. The number of ketones is 1. The first-order chi connectivity index (χ1) is 14.3. The third kappa shape index (κ3) is 3.47. The van der Waals surface area contributed by atoms with Crippen LogP contribution in [-0.4, -0.2) is 36.9 Å². The molecule has 0 saturated heterocycles. The molecule has 0 radical (unpaired) electrons. The van der Waals surface area contributed by atoms with Crippen molar-refractivity contribution in [3.63, 3.8) is 0 Å². The van der Waals surface area contributed by atoms with Crippen LogP contribution in [0, 0.1) is 0 Å². The number of thiophene rings is 1. The number of nitrogens with zero attached hydrogens (tertiary/aromatic N) is 4. The lowest BCUT2D eigenvalue weighted by Gasteiger charge is -2.11. The monoisotopic (exact) mass is 440 g/mol. The number of fused-ring (bicyclic) bond motifs is 5. The van der Waals surface area contributed by atoms with Gasteiger partial charge in [0.05, 0.1) is 11.1 Å². The van der Waals surface area contributed by atoms with Crippen molar-refractivity contribution in [2.75, 3.05) is 11.5 Å². The number of hydrogen-bond acceptors (Lipinski definition) is 7. The van der Waals surface area contributed by atoms with Crippen molar-refractivity contribution in [1.29, 1.82) is 0 Å². The van der Waals surface area contributed by atoms with Gasteiger partial charge in [-0.1, -0.05) is 60.8 Å². The largest absolute Gasteiger partial charge is 0.293 e. The fraction of sp³-hybridized carbons (Fsp3) is 0.333. The highest BCUT2D eigenvalue weighted by Gasteiger charge is 2.24. The van der Waals surface area contributed by atoms with Crippen molar-refractivity contribution in [1.82, 2.24) is 19.6 Å². The zero-order valence-corrected chi connectivity index (χ0v) is 18.5. The number of aryl methyl sites for hydroxylation is 2. The molecule has 0 atom stereocenters. The molecule has 0 saturated carbocycles. The highest BCUT2D eigenvalue weighted by molar-refractivity contribution is 8.00. The molecule has 0 aliphatic heterocycles. The summed E-state index contributed by atoms with van der Waals surface area (Å²) < 4.78 is 2.06. The average Bonchev–Trinajstić information content (AvgIpc) is 3.34. The lowest BCUT2D eigenvalue weighted by molar-refractivity contribution is 0.102. The number of rotatable bonds is 6. The molecule has 5 rings (SSSR count). The Kier molecular flexibility index (Phi) is 5.32. The smallest absolute Gasteiger partial charge is 0.198 e. The summed E-state index contributed by atoms with van der Waals surface area (Å²) >= 11 is 4.95. The SMILES string of the molecule is CCSc1nc2sc3c(c2c2nnc(SCC(=O)c4ccccc4)n12)CCCC3. The van der Waals surface area contributed by atoms with E-state index < -0.39 is 0 Å². The van der Waals surface area contributed by atoms with Gasteiger partial charge in [0.2, 0.25) is 0 Å². The van der Waals surface area contributed by atoms with Gasteiger partial charge in [0.25, 0.3) is 0 Å². The molecule has 0 spiro atoms. The van der Waals surface area contributed by atoms with Crippen LogP contribution in [0.5, 0.6) is 0 Å². The minimum atomic E-state index is 0.0963. The molecule has 5 nitrogen and oxygen atoms in total. The van der Waals surface area contributed by atoms with Crippen LogP contribution in [-0.2, 0) is 12.8 Å². The van der Waals surface area contributed by atoms with E-state index in [1.165, 1.54) is 40.4 Å². The van der Waals surface area contributed by atoms with Gasteiger partial charge in [-0.2, -0.15) is 0 Å². The topological polar surface area (TPSA) is 60.2 Å². The molecule has 4 aromatic rings. The molecule has 0 bridgehead atoms. The van der Waals surface area contributed by atoms with Crippen LogP contribution in [0.15, 0.2) is 40.6 Å². The number of aromatic nitrogens is 4. The summed E-state index contributed by atoms with van der Waals surface area (Å²) in [5.41, 5.74) is 3.02. The third-order valence-corrected chi connectivity index (χ3v) is 8.04. The van der Waals surface area contributed by atoms with Crippen molar-refractivity contribution < 1.29 is 4.79 Å². The highest BCUT2D eigenvalue weighted by atomic mass is 32.2. The van der Waals surface area contributed by atoms with E-state index in [1.807, 2.05) is 41.7 Å². The number of hydrogen-bond donors (Lipinski definition) is 0. The van der Waals surface area contributed by atoms with Gasteiger partial charge in [0.15, 0.2) is 21.7 Å². The Bertz CT molecular complexity index is 1200. The molecule has 1 aromatic carbocycles. The first-order valence-electron chi connectivity index (χ1n) is 9.79. The normalized spacial score (nSPS) is 13.8. The van der Waals surface area contributed by atoms with E-state index >= 15 is 0 Å². The molecular weight excluding hydrogens is 420 g/mol. The van der Waals surface area contributed by atoms with Crippen LogP contribution in [0.25, 0.3) is 15.9 Å². The Morgan fingerprint density at radius 3 is 2.76 bits per heavy atom. The van der Waals surface area contributed by atoms with Crippen molar-refractivity contribution in [3.8, 4) is 0 Å². The molecule has 1 aliphatic rings. The summed E-state index contributed by atoms with van der Waals surface area (Å²) in [5, 5.41) is 11.8. The van der Waals surface area contributed by atoms with Crippen LogP contribution in [0.1, 0.15) is 40.6 Å². The minimum Gasteiger partial charge on any atom is -0.293 e. The molecule has 0 N–H and O–H groups in total. The first-order valence-corrected chi connectivity index (χ1v) is 12.6. The number of carbonyl (C=O) groups is 1. The summed E-state index contributed by atoms with van der Waals surface area (Å²) in [5.74, 6) is 1.35. The van der Waals surface area contributed by atoms with Crippen LogP contribution >= 0.6 is 34.9 Å². The van der Waals surface area contributed by atoms with Gasteiger partial charge in [-0.25, -0.2) is 9.38 Å². The van der Waals surface area contributed by atoms with Crippen LogP contribution in [0.3, 0.4) is 0 Å². The maximum absolute atomic E-state index is 12.6. The number of Topliss-reactive ketones (excluding diaryl/α,β-unsaturated/α-hetero) is 1. The molecule has 148 valence electrons. The average molecular weight is 441 g/mol. The van der Waals surface area contributed by atoms with E-state index in [-0.39, 0.29) is 5.78 Å². The Morgan fingerprint density at radius 2 is 1.93 bits per heavy atom. The van der Waals surface area contributed by atoms with Crippen molar-refractivity contribution >= 4 is 56.5 Å². The van der Waals surface area contributed by atoms with Gasteiger partial charge >= 0.3 is 0 Å². The second-order valence-electron chi connectivity index (χ2n) is 6.94. The fourth-order valence-corrected chi connectivity index (χ4v) is 6.67. The summed E-state index contributed by atoms with van der Waals surface area (Å²) in [6.07, 6.45) is 4.70. The van der Waals surface area contributed by atoms with Gasteiger partial charge in [-0.05, 0) is 37.0 Å². The van der Waals surface area contributed by atoms with Gasteiger partial charge < -0.3 is 0 Å². The molecule has 1 aliphatic carbocycles. The minimum absolute atomic E-state index is 0.0963. The maximum atomic E-state index is 12.6. The van der Waals surface area contributed by atoms with Crippen molar-refractivity contribution in [3.05, 3.63) is 46.3 Å². The summed E-state index contributed by atoms with van der Waals surface area (Å²) in [6.45, 7) is 2.12. The highest BCUT2D eigenvalue weighted by Crippen LogP contribution is 2.39. The van der Waals surface area contributed by atoms with E-state index in [0.29, 0.717) is 5.75 Å². The van der Waals surface area contributed by atoms with Gasteiger partial charge in [0, 0.05) is 10.4 Å². The zero-order chi connectivity index (χ0) is 19.8. The van der Waals surface area contributed by atoms with Gasteiger partial charge in [-0.3, -0.25) is 4.79 Å². The Labute approximate surface area is 181 Å². The zero-order valence-electron chi connectivity index (χ0n) is 16.1. The molecule has 3 heterocycles. The first kappa shape index (κ1) is 19.1. The quantitative estimate of drug-likeness (QED) is 0.230. The van der Waals surface area contributed by atoms with Crippen molar-refractivity contribution in [2.24, 2.45) is 0 Å². The molecule has 29 heavy (non-hydrogen) atoms. The molecule has 0 amide bonds. The molecular formula is C21H20N4OS3. The molecule has 0 unspecified atom stereocenters. The number of carbonyl (C=O) groups excluding carboxylic acids is 1. The third-order valence-electron chi connectivity index (χ3n) is 5.10. The van der Waals surface area contributed by atoms with E-state index in [9.17, 15) is 4.79 Å². The second kappa shape index (κ2) is 8.08. The number of benzene rings is 1. The van der Waals surface area contributed by atoms with Crippen LogP contribution < -0.4 is 0 Å². The van der Waals surface area contributed by atoms with E-state index in [4.69, 9.17) is 4.98 Å². The maximum Gasteiger partial charge on any atom is 0.198 e. The van der Waals surface area contributed by atoms with Gasteiger partial charge in [0.1, 0.15) is 4.83 Å². The van der Waals surface area contributed by atoms with E-state index in [0.717, 1.165) is 44.9 Å². The standard InChI is InChI=1S/C21H20N4OS3/c1-2-27-20-22-19-17(14-10-6-7-11-16(14)29-19)18-23-24-21(25(18)20)28-12-15(26)13-8-4-3-5-9-13/h3-5,8-9H,2,6-7,10-12H2,1H3. The van der Waals surface area contributed by atoms with E-state index in [2.05, 4.69) is 21.5 Å². The van der Waals surface area contributed by atoms with Gasteiger partial charge in [-0.15, -0.1) is 21.5 Å². The van der Waals surface area contributed by atoms with E-state index in [1.54, 1.807) is 11.8 Å². The fourth-order valence-electron chi connectivity index (χ4n) is 3.76. The Balaban J connectivity index is 1.56. The second-order valence-corrected chi connectivity index (χ2v) is 10.2. The van der Waals surface area contributed by atoms with Crippen LogP contribution in [0.4, 0.5) is 0 Å². The summed E-state index contributed by atoms with van der Waals surface area (Å²) in [7, 11) is 0. The molecule has 0 fully saturated rings. The predicted octanol–water partition coefficient (Wildman–Crippen LogP) is 5.30.